The molecule has 2 N–H and O–H groups in total. The molecule has 0 radical (unpaired) electrons. The lowest BCUT2D eigenvalue weighted by Crippen LogP contribution is -2.40. The van der Waals surface area contributed by atoms with Crippen LogP contribution in [0.2, 0.25) is 0 Å². The first kappa shape index (κ1) is 14.9. The fourth-order valence-corrected chi connectivity index (χ4v) is 2.95. The van der Waals surface area contributed by atoms with E-state index < -0.39 is 26.2 Å². The maximum atomic E-state index is 12.2. The van der Waals surface area contributed by atoms with Crippen LogP contribution in [0.25, 0.3) is 0 Å². The number of aromatic nitrogens is 2. The Morgan fingerprint density at radius 3 is 2.38 bits per heavy atom. The number of aryl methyl sites for hydroxylation is 1. The molecule has 1 aromatic heterocycles. The molecule has 112 valence electrons. The van der Waals surface area contributed by atoms with Crippen molar-refractivity contribution in [1.82, 2.24) is 9.13 Å². The van der Waals surface area contributed by atoms with E-state index in [1.807, 2.05) is 0 Å². The van der Waals surface area contributed by atoms with Crippen molar-refractivity contribution in [2.45, 2.75) is 4.90 Å². The van der Waals surface area contributed by atoms with Crippen LogP contribution in [0.3, 0.4) is 0 Å². The molecule has 0 aliphatic rings. The van der Waals surface area contributed by atoms with E-state index >= 15 is 0 Å². The normalized spacial score (nSPS) is 11.3. The summed E-state index contributed by atoms with van der Waals surface area (Å²) in [4.78, 5) is 22.9. The molecule has 0 saturated carbocycles. The highest BCUT2D eigenvalue weighted by molar-refractivity contribution is 7.92. The Bertz CT molecular complexity index is 911. The molecule has 2 rings (SSSR count). The summed E-state index contributed by atoms with van der Waals surface area (Å²) in [6.07, 6.45) is 0.937. The van der Waals surface area contributed by atoms with Gasteiger partial charge in [-0.15, -0.1) is 0 Å². The van der Waals surface area contributed by atoms with Crippen LogP contribution >= 0.6 is 0 Å². The standard InChI is InChI=1S/C12H13N3O5S/c1-14-7-10(11(17)15(2)12(14)18)21(19,20)13-8-5-3-4-6-9(8)16/h3-7,13,16H,1-2H3. The Balaban J connectivity index is 2.59. The summed E-state index contributed by atoms with van der Waals surface area (Å²) in [6, 6.07) is 5.70. The lowest BCUT2D eigenvalue weighted by molar-refractivity contribution is 0.477. The Hall–Kier alpha value is -2.55. The van der Waals surface area contributed by atoms with E-state index in [0.29, 0.717) is 4.57 Å². The third kappa shape index (κ3) is 2.68. The van der Waals surface area contributed by atoms with Crippen LogP contribution in [-0.4, -0.2) is 22.7 Å². The van der Waals surface area contributed by atoms with Crippen LogP contribution in [0, 0.1) is 0 Å². The number of hydrogen-bond donors (Lipinski definition) is 2. The molecule has 9 heteroatoms. The molecule has 1 aromatic carbocycles. The summed E-state index contributed by atoms with van der Waals surface area (Å²) in [5, 5.41) is 9.58. The zero-order valence-electron chi connectivity index (χ0n) is 11.3. The van der Waals surface area contributed by atoms with Crippen LogP contribution in [0.5, 0.6) is 5.75 Å². The van der Waals surface area contributed by atoms with Crippen LogP contribution in [-0.2, 0) is 24.1 Å². The van der Waals surface area contributed by atoms with Crippen molar-refractivity contribution < 1.29 is 13.5 Å². The summed E-state index contributed by atoms with van der Waals surface area (Å²) in [6.45, 7) is 0. The smallest absolute Gasteiger partial charge is 0.330 e. The number of anilines is 1. The molecule has 2 aromatic rings. The van der Waals surface area contributed by atoms with Crippen LogP contribution in [0.1, 0.15) is 0 Å². The molecular formula is C12H13N3O5S. The second kappa shape index (κ2) is 5.09. The SMILES string of the molecule is Cn1cc(S(=O)(=O)Nc2ccccc2O)c(=O)n(C)c1=O. The fourth-order valence-electron chi connectivity index (χ4n) is 1.72. The molecule has 0 unspecified atom stereocenters. The summed E-state index contributed by atoms with van der Waals surface area (Å²) >= 11 is 0. The molecule has 0 aliphatic heterocycles. The van der Waals surface area contributed by atoms with Gasteiger partial charge in [0.25, 0.3) is 15.6 Å². The molecule has 0 saturated heterocycles. The van der Waals surface area contributed by atoms with Crippen molar-refractivity contribution in [2.75, 3.05) is 4.72 Å². The lowest BCUT2D eigenvalue weighted by atomic mass is 10.3. The average Bonchev–Trinajstić information content (AvgIpc) is 2.42. The van der Waals surface area contributed by atoms with E-state index in [1.165, 1.54) is 38.4 Å². The van der Waals surface area contributed by atoms with Gasteiger partial charge in [0.2, 0.25) is 0 Å². The van der Waals surface area contributed by atoms with Crippen molar-refractivity contribution in [3.8, 4) is 5.75 Å². The van der Waals surface area contributed by atoms with Gasteiger partial charge in [-0.1, -0.05) is 12.1 Å². The summed E-state index contributed by atoms with van der Waals surface area (Å²) in [5.41, 5.74) is -1.64. The zero-order valence-corrected chi connectivity index (χ0v) is 12.1. The van der Waals surface area contributed by atoms with Crippen molar-refractivity contribution in [3.05, 3.63) is 51.3 Å². The van der Waals surface area contributed by atoms with Crippen molar-refractivity contribution >= 4 is 15.7 Å². The number of rotatable bonds is 3. The Morgan fingerprint density at radius 1 is 1.14 bits per heavy atom. The second-order valence-corrected chi connectivity index (χ2v) is 6.02. The number of phenolic OH excluding ortho intramolecular Hbond substituents is 1. The van der Waals surface area contributed by atoms with Gasteiger partial charge in [0.1, 0.15) is 5.75 Å². The van der Waals surface area contributed by atoms with Gasteiger partial charge in [0.15, 0.2) is 4.90 Å². The van der Waals surface area contributed by atoms with Crippen LogP contribution in [0.4, 0.5) is 5.69 Å². The average molecular weight is 311 g/mol. The Labute approximate surface area is 120 Å². The molecule has 0 spiro atoms. The third-order valence-electron chi connectivity index (χ3n) is 2.85. The Kier molecular flexibility index (Phi) is 3.60. The van der Waals surface area contributed by atoms with Crippen LogP contribution < -0.4 is 16.0 Å². The number of nitrogens with zero attached hydrogens (tertiary/aromatic N) is 2. The first-order valence-corrected chi connectivity index (χ1v) is 7.30. The number of nitrogens with one attached hydrogen (secondary N) is 1. The zero-order chi connectivity index (χ0) is 15.8. The minimum atomic E-state index is -4.23. The second-order valence-electron chi connectivity index (χ2n) is 4.37. The Morgan fingerprint density at radius 2 is 1.76 bits per heavy atom. The molecule has 0 fully saturated rings. The predicted molar refractivity (Wildman–Crippen MR) is 75.8 cm³/mol. The van der Waals surface area contributed by atoms with Gasteiger partial charge < -0.3 is 9.67 Å². The number of sulfonamides is 1. The maximum Gasteiger partial charge on any atom is 0.330 e. The van der Waals surface area contributed by atoms with Gasteiger partial charge in [-0.2, -0.15) is 0 Å². The topological polar surface area (TPSA) is 110 Å². The molecule has 0 atom stereocenters. The molecule has 21 heavy (non-hydrogen) atoms. The number of benzene rings is 1. The predicted octanol–water partition coefficient (Wildman–Crippen LogP) is -0.410. The summed E-state index contributed by atoms with van der Waals surface area (Å²) < 4.78 is 28.3. The molecule has 1 heterocycles. The van der Waals surface area contributed by atoms with Gasteiger partial charge in [-0.25, -0.2) is 13.2 Å². The highest BCUT2D eigenvalue weighted by Gasteiger charge is 2.22. The van der Waals surface area contributed by atoms with Crippen LogP contribution in [0.15, 0.2) is 44.9 Å². The molecule has 8 nitrogen and oxygen atoms in total. The number of hydrogen-bond acceptors (Lipinski definition) is 5. The first-order valence-electron chi connectivity index (χ1n) is 5.81. The van der Waals surface area contributed by atoms with Gasteiger partial charge >= 0.3 is 5.69 Å². The van der Waals surface area contributed by atoms with Gasteiger partial charge in [-0.3, -0.25) is 14.1 Å². The lowest BCUT2D eigenvalue weighted by Gasteiger charge is -2.10. The molecule has 0 amide bonds. The number of aromatic hydroxyl groups is 1. The molecule has 0 aliphatic carbocycles. The quantitative estimate of drug-likeness (QED) is 0.749. The highest BCUT2D eigenvalue weighted by atomic mass is 32.2. The van der Waals surface area contributed by atoms with Gasteiger partial charge in [0, 0.05) is 20.3 Å². The maximum absolute atomic E-state index is 12.2. The van der Waals surface area contributed by atoms with Gasteiger partial charge in [-0.05, 0) is 12.1 Å². The highest BCUT2D eigenvalue weighted by Crippen LogP contribution is 2.23. The monoisotopic (exact) mass is 311 g/mol. The number of para-hydroxylation sites is 2. The van der Waals surface area contributed by atoms with Crippen molar-refractivity contribution in [1.29, 1.82) is 0 Å². The van der Waals surface area contributed by atoms with E-state index in [4.69, 9.17) is 0 Å². The fraction of sp³-hybridized carbons (Fsp3) is 0.167. The first-order chi connectivity index (χ1) is 9.74. The summed E-state index contributed by atoms with van der Waals surface area (Å²) in [7, 11) is -1.71. The minimum Gasteiger partial charge on any atom is -0.506 e. The molecule has 0 bridgehead atoms. The number of phenols is 1. The third-order valence-corrected chi connectivity index (χ3v) is 4.20. The van der Waals surface area contributed by atoms with Crippen molar-refractivity contribution in [2.24, 2.45) is 14.1 Å². The van der Waals surface area contributed by atoms with E-state index in [-0.39, 0.29) is 11.4 Å². The van der Waals surface area contributed by atoms with Gasteiger partial charge in [0.05, 0.1) is 5.69 Å². The van der Waals surface area contributed by atoms with E-state index in [2.05, 4.69) is 4.72 Å². The largest absolute Gasteiger partial charge is 0.506 e. The van der Waals surface area contributed by atoms with E-state index in [0.717, 1.165) is 10.8 Å². The van der Waals surface area contributed by atoms with E-state index in [9.17, 15) is 23.1 Å². The summed E-state index contributed by atoms with van der Waals surface area (Å²) in [5.74, 6) is -0.275. The minimum absolute atomic E-state index is 0.0617. The molecular weight excluding hydrogens is 298 g/mol. The van der Waals surface area contributed by atoms with Crippen molar-refractivity contribution in [3.63, 3.8) is 0 Å². The van der Waals surface area contributed by atoms with E-state index in [1.54, 1.807) is 0 Å².